The molecule has 9 nitrogen and oxygen atoms in total. The highest BCUT2D eigenvalue weighted by atomic mass is 16.6. The number of hydrogen-bond donors (Lipinski definition) is 0. The smallest absolute Gasteiger partial charge is 0.303 e. The maximum Gasteiger partial charge on any atom is 0.303 e. The van der Waals surface area contributed by atoms with Crippen molar-refractivity contribution in [1.82, 2.24) is 0 Å². The number of aryl methyl sites for hydroxylation is 1. The molecule has 9 heteroatoms. The first-order chi connectivity index (χ1) is 16.2. The fourth-order valence-corrected chi connectivity index (χ4v) is 4.85. The van der Waals surface area contributed by atoms with Crippen LogP contribution in [-0.4, -0.2) is 30.1 Å². The van der Waals surface area contributed by atoms with Gasteiger partial charge in [-0.15, -0.1) is 0 Å². The Morgan fingerprint density at radius 2 is 1.53 bits per heavy atom. The van der Waals surface area contributed by atoms with Crippen molar-refractivity contribution in [3.8, 4) is 0 Å². The largest absolute Gasteiger partial charge is 0.458 e. The van der Waals surface area contributed by atoms with Gasteiger partial charge in [-0.05, 0) is 45.1 Å². The molecule has 0 amide bonds. The molecule has 3 aromatic rings. The lowest BCUT2D eigenvalue weighted by Gasteiger charge is -2.41. The van der Waals surface area contributed by atoms with Crippen LogP contribution in [0, 0.1) is 6.92 Å². The number of carbonyl (C=O) groups excluding carboxylic acids is 3. The topological polar surface area (TPSA) is 128 Å². The predicted molar refractivity (Wildman–Crippen MR) is 124 cm³/mol. The van der Waals surface area contributed by atoms with E-state index in [1.54, 1.807) is 6.07 Å². The Labute approximate surface area is 195 Å². The zero-order chi connectivity index (χ0) is 24.6. The van der Waals surface area contributed by atoms with Crippen LogP contribution in [0.1, 0.15) is 49.6 Å². The van der Waals surface area contributed by atoms with Gasteiger partial charge in [0, 0.05) is 31.2 Å². The summed E-state index contributed by atoms with van der Waals surface area (Å²) in [6, 6.07) is 12.6. The molecular weight excluding hydrogens is 438 g/mol. The van der Waals surface area contributed by atoms with Crippen LogP contribution >= 0.6 is 0 Å². The molecule has 0 aliphatic heterocycles. The van der Waals surface area contributed by atoms with Crippen molar-refractivity contribution in [1.29, 1.82) is 0 Å². The second kappa shape index (κ2) is 9.03. The molecule has 34 heavy (non-hydrogen) atoms. The lowest BCUT2D eigenvalue weighted by molar-refractivity contribution is -0.188. The third kappa shape index (κ3) is 4.02. The van der Waals surface area contributed by atoms with Crippen molar-refractivity contribution in [2.24, 2.45) is 5.11 Å². The molecule has 4 rings (SSSR count). The first kappa shape index (κ1) is 23.1. The summed E-state index contributed by atoms with van der Waals surface area (Å²) in [5.41, 5.74) is 11.4. The number of hydrogen-bond acceptors (Lipinski definition) is 7. The Bertz CT molecular complexity index is 1380. The zero-order valence-electron chi connectivity index (χ0n) is 19.1. The average molecular weight is 461 g/mol. The fourth-order valence-electron chi connectivity index (χ4n) is 4.85. The van der Waals surface area contributed by atoms with Crippen molar-refractivity contribution in [2.75, 3.05) is 0 Å². The maximum absolute atomic E-state index is 12.0. The number of esters is 3. The molecule has 0 radical (unpaired) electrons. The Morgan fingerprint density at radius 1 is 0.882 bits per heavy atom. The average Bonchev–Trinajstić information content (AvgIpc) is 2.77. The molecule has 174 valence electrons. The van der Waals surface area contributed by atoms with E-state index in [1.165, 1.54) is 20.8 Å². The van der Waals surface area contributed by atoms with Gasteiger partial charge in [0.15, 0.2) is 18.3 Å². The van der Waals surface area contributed by atoms with E-state index in [0.29, 0.717) is 11.1 Å². The minimum Gasteiger partial charge on any atom is -0.458 e. The standard InChI is InChI=1S/C25H23N3O6/c1-12-11-16-7-5-6-8-17(16)18-9-10-19-21(20(12)18)22(27-28-26)24(33-14(3)30)25(34-15(4)31)23(19)32-13(2)29/h5-11,22-25H,1-4H3/t22-,23+,24+,25-/m0/s1. The van der Waals surface area contributed by atoms with Gasteiger partial charge in [-0.1, -0.05) is 47.6 Å². The van der Waals surface area contributed by atoms with E-state index in [9.17, 15) is 19.9 Å². The molecule has 1 aliphatic rings. The maximum atomic E-state index is 12.0. The minimum atomic E-state index is -1.20. The summed E-state index contributed by atoms with van der Waals surface area (Å²) >= 11 is 0. The molecule has 0 aromatic heterocycles. The summed E-state index contributed by atoms with van der Waals surface area (Å²) in [6.07, 6.45) is -3.47. The minimum absolute atomic E-state index is 0.521. The number of azide groups is 1. The highest BCUT2D eigenvalue weighted by molar-refractivity contribution is 6.10. The number of ether oxygens (including phenoxy) is 3. The third-order valence-corrected chi connectivity index (χ3v) is 5.91. The molecule has 0 bridgehead atoms. The molecule has 0 spiro atoms. The normalized spacial score (nSPS) is 21.3. The first-order valence-electron chi connectivity index (χ1n) is 10.7. The van der Waals surface area contributed by atoms with E-state index in [-0.39, 0.29) is 0 Å². The van der Waals surface area contributed by atoms with Crippen LogP contribution in [0.5, 0.6) is 0 Å². The summed E-state index contributed by atoms with van der Waals surface area (Å²) < 4.78 is 16.6. The van der Waals surface area contributed by atoms with E-state index >= 15 is 0 Å². The van der Waals surface area contributed by atoms with E-state index in [0.717, 1.165) is 27.1 Å². The summed E-state index contributed by atoms with van der Waals surface area (Å²) in [5, 5.41) is 7.70. The third-order valence-electron chi connectivity index (χ3n) is 5.91. The Hall–Kier alpha value is -4.10. The Morgan fingerprint density at radius 3 is 2.18 bits per heavy atom. The number of rotatable bonds is 4. The highest BCUT2D eigenvalue weighted by Crippen LogP contribution is 2.48. The summed E-state index contributed by atoms with van der Waals surface area (Å²) in [5.74, 6) is -1.93. The van der Waals surface area contributed by atoms with Crippen LogP contribution in [-0.2, 0) is 28.6 Å². The Kier molecular flexibility index (Phi) is 6.13. The lowest BCUT2D eigenvalue weighted by Crippen LogP contribution is -2.47. The van der Waals surface area contributed by atoms with Gasteiger partial charge in [0.2, 0.25) is 0 Å². The van der Waals surface area contributed by atoms with Gasteiger partial charge in [-0.2, -0.15) is 0 Å². The summed E-state index contributed by atoms with van der Waals surface area (Å²) in [4.78, 5) is 39.0. The van der Waals surface area contributed by atoms with Crippen LogP contribution in [0.25, 0.3) is 32.0 Å². The van der Waals surface area contributed by atoms with Gasteiger partial charge in [0.05, 0.1) is 0 Å². The molecule has 0 fully saturated rings. The van der Waals surface area contributed by atoms with Crippen LogP contribution in [0.4, 0.5) is 0 Å². The van der Waals surface area contributed by atoms with Crippen molar-refractivity contribution < 1.29 is 28.6 Å². The number of carbonyl (C=O) groups is 3. The van der Waals surface area contributed by atoms with Crippen molar-refractivity contribution >= 4 is 39.5 Å². The van der Waals surface area contributed by atoms with Crippen LogP contribution < -0.4 is 0 Å². The van der Waals surface area contributed by atoms with Gasteiger partial charge < -0.3 is 14.2 Å². The molecule has 0 saturated heterocycles. The quantitative estimate of drug-likeness (QED) is 0.132. The molecule has 1 aliphatic carbocycles. The monoisotopic (exact) mass is 461 g/mol. The van der Waals surface area contributed by atoms with Crippen molar-refractivity contribution in [2.45, 2.75) is 52.0 Å². The SMILES string of the molecule is CC(=O)O[C@@H]1[C@H](OC(C)=O)[C@@H](N=[N+]=[N-])c2c(ccc3c2c(C)cc2ccccc23)[C@H]1OC(C)=O. The van der Waals surface area contributed by atoms with Crippen molar-refractivity contribution in [3.05, 3.63) is 69.6 Å². The first-order valence-corrected chi connectivity index (χ1v) is 10.7. The number of benzene rings is 3. The number of fused-ring (bicyclic) bond motifs is 5. The molecule has 0 N–H and O–H groups in total. The van der Waals surface area contributed by atoms with Gasteiger partial charge in [0.1, 0.15) is 6.04 Å². The van der Waals surface area contributed by atoms with Gasteiger partial charge in [-0.25, -0.2) is 0 Å². The number of nitrogens with zero attached hydrogens (tertiary/aromatic N) is 3. The predicted octanol–water partition coefficient (Wildman–Crippen LogP) is 5.13. The molecule has 0 unspecified atom stereocenters. The zero-order valence-corrected chi connectivity index (χ0v) is 19.1. The molecule has 4 atom stereocenters. The highest BCUT2D eigenvalue weighted by Gasteiger charge is 2.49. The second-order valence-corrected chi connectivity index (χ2v) is 8.23. The fraction of sp³-hybridized carbons (Fsp3) is 0.320. The van der Waals surface area contributed by atoms with Crippen LogP contribution in [0.2, 0.25) is 0 Å². The summed E-state index contributed by atoms with van der Waals surface area (Å²) in [6.45, 7) is 5.58. The molecular formula is C25H23N3O6. The van der Waals surface area contributed by atoms with Crippen LogP contribution in [0.3, 0.4) is 0 Å². The molecule has 0 saturated carbocycles. The van der Waals surface area contributed by atoms with Crippen molar-refractivity contribution in [3.63, 3.8) is 0 Å². The molecule has 3 aromatic carbocycles. The van der Waals surface area contributed by atoms with Crippen LogP contribution in [0.15, 0.2) is 47.6 Å². The van der Waals surface area contributed by atoms with E-state index in [1.807, 2.05) is 43.3 Å². The Balaban J connectivity index is 2.12. The second-order valence-electron chi connectivity index (χ2n) is 8.23. The molecule has 0 heterocycles. The van der Waals surface area contributed by atoms with Gasteiger partial charge in [0.25, 0.3) is 0 Å². The van der Waals surface area contributed by atoms with E-state index in [4.69, 9.17) is 14.2 Å². The van der Waals surface area contributed by atoms with E-state index < -0.39 is 42.3 Å². The van der Waals surface area contributed by atoms with Gasteiger partial charge in [-0.3, -0.25) is 14.4 Å². The van der Waals surface area contributed by atoms with E-state index in [2.05, 4.69) is 10.0 Å². The summed E-state index contributed by atoms with van der Waals surface area (Å²) in [7, 11) is 0. The lowest BCUT2D eigenvalue weighted by atomic mass is 9.77. The van der Waals surface area contributed by atoms with Gasteiger partial charge >= 0.3 is 17.9 Å².